The first-order chi connectivity index (χ1) is 18.8. The van der Waals surface area contributed by atoms with Crippen LogP contribution in [0.5, 0.6) is 17.2 Å². The van der Waals surface area contributed by atoms with E-state index in [9.17, 15) is 14.4 Å². The molecule has 0 N–H and O–H groups in total. The normalized spacial score (nSPS) is 17.2. The second kappa shape index (κ2) is 9.54. The van der Waals surface area contributed by atoms with E-state index in [2.05, 4.69) is 4.98 Å². The predicted octanol–water partition coefficient (Wildman–Crippen LogP) is 5.12. The molecule has 0 bridgehead atoms. The van der Waals surface area contributed by atoms with E-state index in [1.807, 2.05) is 44.2 Å². The first-order valence-electron chi connectivity index (χ1n) is 12.8. The number of ketones is 1. The summed E-state index contributed by atoms with van der Waals surface area (Å²) >= 11 is 0. The number of allylic oxidation sites excluding steroid dienone is 1. The van der Waals surface area contributed by atoms with Crippen molar-refractivity contribution in [1.82, 2.24) is 9.55 Å². The number of ether oxygens (including phenoxy) is 3. The van der Waals surface area contributed by atoms with Gasteiger partial charge in [0.1, 0.15) is 17.2 Å². The second-order valence-electron chi connectivity index (χ2n) is 10.1. The molecule has 2 aromatic carbocycles. The summed E-state index contributed by atoms with van der Waals surface area (Å²) in [6.07, 6.45) is 4.85. The van der Waals surface area contributed by atoms with Gasteiger partial charge in [-0.3, -0.25) is 19.4 Å². The molecule has 6 rings (SSSR count). The van der Waals surface area contributed by atoms with E-state index in [4.69, 9.17) is 14.2 Å². The van der Waals surface area contributed by atoms with E-state index in [0.29, 0.717) is 40.3 Å². The molecule has 39 heavy (non-hydrogen) atoms. The summed E-state index contributed by atoms with van der Waals surface area (Å²) < 4.78 is 18.9. The van der Waals surface area contributed by atoms with Gasteiger partial charge in [0, 0.05) is 41.4 Å². The number of methoxy groups -OCH3 is 1. The SMILES string of the molecule is COc1ccc2c(c1)cc([C@H]1CC(=O)Oc3ccc4c(c31)O/C(=C/c1cccnc1)C4=O)c(=O)n2CC(C)C. The van der Waals surface area contributed by atoms with Crippen LogP contribution in [0.15, 0.2) is 71.5 Å². The fourth-order valence-electron chi connectivity index (χ4n) is 5.30. The number of esters is 1. The number of Topliss-reactive ketones (excluding diaryl/α,β-unsaturated/α-hetero) is 1. The van der Waals surface area contributed by atoms with Crippen LogP contribution in [0.3, 0.4) is 0 Å². The molecule has 4 aromatic rings. The van der Waals surface area contributed by atoms with Crippen LogP contribution in [0.25, 0.3) is 17.0 Å². The van der Waals surface area contributed by atoms with Gasteiger partial charge in [0.2, 0.25) is 5.78 Å². The molecule has 0 saturated carbocycles. The van der Waals surface area contributed by atoms with Crippen LogP contribution < -0.4 is 19.8 Å². The summed E-state index contributed by atoms with van der Waals surface area (Å²) in [6, 6.07) is 14.2. The van der Waals surface area contributed by atoms with Crippen LogP contribution in [0.1, 0.15) is 53.2 Å². The highest BCUT2D eigenvalue weighted by molar-refractivity contribution is 6.15. The number of aromatic nitrogens is 2. The van der Waals surface area contributed by atoms with E-state index >= 15 is 0 Å². The number of pyridine rings is 2. The topological polar surface area (TPSA) is 96.7 Å². The standard InChI is InChI=1S/C31H26N2O6/c1-17(2)16-33-24-8-6-20(37-3)12-19(24)13-23(31(33)36)22-14-27(34)38-25-9-7-21-29(35)26(39-30(21)28(22)25)11-18-5-4-10-32-15-18/h4-13,15,17,22H,14,16H2,1-3H3/b26-11+/t22-/m1/s1. The molecular formula is C31H26N2O6. The van der Waals surface area contributed by atoms with Gasteiger partial charge in [-0.15, -0.1) is 0 Å². The molecule has 8 heteroatoms. The summed E-state index contributed by atoms with van der Waals surface area (Å²) in [7, 11) is 1.59. The Morgan fingerprint density at radius 3 is 2.69 bits per heavy atom. The molecule has 2 aliphatic rings. The van der Waals surface area contributed by atoms with Gasteiger partial charge in [0.15, 0.2) is 5.76 Å². The zero-order valence-corrected chi connectivity index (χ0v) is 21.8. The maximum atomic E-state index is 14.0. The van der Waals surface area contributed by atoms with Crippen LogP contribution in [-0.2, 0) is 11.3 Å². The Morgan fingerprint density at radius 1 is 1.10 bits per heavy atom. The minimum absolute atomic E-state index is 0.0605. The lowest BCUT2D eigenvalue weighted by molar-refractivity contribution is -0.135. The zero-order valence-electron chi connectivity index (χ0n) is 21.8. The maximum Gasteiger partial charge on any atom is 0.312 e. The molecule has 1 atom stereocenters. The van der Waals surface area contributed by atoms with E-state index in [1.54, 1.807) is 48.3 Å². The molecule has 0 unspecified atom stereocenters. The lowest BCUT2D eigenvalue weighted by Crippen LogP contribution is -2.31. The molecule has 196 valence electrons. The van der Waals surface area contributed by atoms with Crippen molar-refractivity contribution in [2.24, 2.45) is 5.92 Å². The number of nitrogens with zero attached hydrogens (tertiary/aromatic N) is 2. The van der Waals surface area contributed by atoms with Gasteiger partial charge in [-0.2, -0.15) is 0 Å². The minimum Gasteiger partial charge on any atom is -0.497 e. The van der Waals surface area contributed by atoms with Crippen molar-refractivity contribution in [2.75, 3.05) is 7.11 Å². The zero-order chi connectivity index (χ0) is 27.3. The van der Waals surface area contributed by atoms with Crippen molar-refractivity contribution in [2.45, 2.75) is 32.7 Å². The molecule has 0 saturated heterocycles. The molecule has 2 aliphatic heterocycles. The molecule has 4 heterocycles. The van der Waals surface area contributed by atoms with Crippen molar-refractivity contribution in [3.63, 3.8) is 0 Å². The number of carbonyl (C=O) groups is 2. The predicted molar refractivity (Wildman–Crippen MR) is 145 cm³/mol. The fourth-order valence-corrected chi connectivity index (χ4v) is 5.30. The van der Waals surface area contributed by atoms with Crippen LogP contribution in [0.4, 0.5) is 0 Å². The van der Waals surface area contributed by atoms with Crippen LogP contribution in [-0.4, -0.2) is 28.4 Å². The summed E-state index contributed by atoms with van der Waals surface area (Å²) in [5, 5.41) is 0.812. The smallest absolute Gasteiger partial charge is 0.312 e. The quantitative estimate of drug-likeness (QED) is 0.204. The third-order valence-corrected chi connectivity index (χ3v) is 7.01. The van der Waals surface area contributed by atoms with Crippen LogP contribution >= 0.6 is 0 Å². The van der Waals surface area contributed by atoms with Gasteiger partial charge in [-0.1, -0.05) is 19.9 Å². The lowest BCUT2D eigenvalue weighted by Gasteiger charge is -2.27. The van der Waals surface area contributed by atoms with Gasteiger partial charge in [-0.05, 0) is 60.0 Å². The van der Waals surface area contributed by atoms with Gasteiger partial charge < -0.3 is 18.8 Å². The number of benzene rings is 2. The van der Waals surface area contributed by atoms with Crippen molar-refractivity contribution in [1.29, 1.82) is 0 Å². The largest absolute Gasteiger partial charge is 0.497 e. The molecule has 8 nitrogen and oxygen atoms in total. The number of rotatable bonds is 5. The summed E-state index contributed by atoms with van der Waals surface area (Å²) in [4.78, 5) is 44.1. The lowest BCUT2D eigenvalue weighted by atomic mass is 9.84. The third-order valence-electron chi connectivity index (χ3n) is 7.01. The molecule has 0 spiro atoms. The fraction of sp³-hybridized carbons (Fsp3) is 0.226. The van der Waals surface area contributed by atoms with Crippen molar-refractivity contribution < 1.29 is 23.8 Å². The van der Waals surface area contributed by atoms with E-state index in [1.165, 1.54) is 0 Å². The second-order valence-corrected chi connectivity index (χ2v) is 10.1. The first kappa shape index (κ1) is 24.6. The Kier molecular flexibility index (Phi) is 6.02. The summed E-state index contributed by atoms with van der Waals surface area (Å²) in [5.41, 5.74) is 2.61. The van der Waals surface area contributed by atoms with Gasteiger partial charge in [0.05, 0.1) is 24.6 Å². The first-order valence-corrected chi connectivity index (χ1v) is 12.8. The van der Waals surface area contributed by atoms with E-state index in [0.717, 1.165) is 10.9 Å². The van der Waals surface area contributed by atoms with E-state index in [-0.39, 0.29) is 35.2 Å². The number of carbonyl (C=O) groups excluding carboxylic acids is 2. The Balaban J connectivity index is 1.55. The average Bonchev–Trinajstić information content (AvgIpc) is 3.24. The third kappa shape index (κ3) is 4.27. The van der Waals surface area contributed by atoms with Gasteiger partial charge >= 0.3 is 5.97 Å². The number of fused-ring (bicyclic) bond motifs is 4. The Morgan fingerprint density at radius 2 is 1.95 bits per heavy atom. The highest BCUT2D eigenvalue weighted by atomic mass is 16.5. The molecule has 0 radical (unpaired) electrons. The molecule has 0 amide bonds. The Labute approximate surface area is 224 Å². The summed E-state index contributed by atoms with van der Waals surface area (Å²) in [6.45, 7) is 4.59. The van der Waals surface area contributed by atoms with E-state index < -0.39 is 11.9 Å². The summed E-state index contributed by atoms with van der Waals surface area (Å²) in [5.74, 6) is 0.197. The highest BCUT2D eigenvalue weighted by Crippen LogP contribution is 2.48. The van der Waals surface area contributed by atoms with Crippen molar-refractivity contribution >= 4 is 28.7 Å². The molecule has 0 aliphatic carbocycles. The number of hydrogen-bond donors (Lipinski definition) is 0. The number of hydrogen-bond acceptors (Lipinski definition) is 7. The highest BCUT2D eigenvalue weighted by Gasteiger charge is 2.39. The minimum atomic E-state index is -0.664. The van der Waals surface area contributed by atoms with Gasteiger partial charge in [0.25, 0.3) is 5.56 Å². The van der Waals surface area contributed by atoms with Gasteiger partial charge in [-0.25, -0.2) is 0 Å². The molecule has 2 aromatic heterocycles. The average molecular weight is 523 g/mol. The van der Waals surface area contributed by atoms with Crippen molar-refractivity contribution in [3.8, 4) is 17.2 Å². The van der Waals surface area contributed by atoms with Crippen LogP contribution in [0.2, 0.25) is 0 Å². The monoisotopic (exact) mass is 522 g/mol. The van der Waals surface area contributed by atoms with Crippen molar-refractivity contribution in [3.05, 3.63) is 99.3 Å². The van der Waals surface area contributed by atoms with Crippen LogP contribution in [0, 0.1) is 5.92 Å². The molecule has 0 fully saturated rings. The Bertz CT molecular complexity index is 1740. The molecular weight excluding hydrogens is 496 g/mol. The maximum absolute atomic E-state index is 14.0. The Hall–Kier alpha value is -4.72.